The normalized spacial score (nSPS) is 14.8. The van der Waals surface area contributed by atoms with Crippen LogP contribution >= 0.6 is 11.6 Å². The van der Waals surface area contributed by atoms with Gasteiger partial charge in [-0.15, -0.1) is 5.10 Å². The van der Waals surface area contributed by atoms with Crippen molar-refractivity contribution in [3.8, 4) is 5.82 Å². The van der Waals surface area contributed by atoms with Crippen LogP contribution in [0, 0.1) is 0 Å². The van der Waals surface area contributed by atoms with Gasteiger partial charge in [-0.1, -0.05) is 11.6 Å². The SMILES string of the molecule is CN1CCN(c2ccc(Nc3nc(N)n(-c4ncnc5ccc(Cl)cc45)n3)cc2)CC1. The molecule has 9 nitrogen and oxygen atoms in total. The zero-order chi connectivity index (χ0) is 21.4. The Kier molecular flexibility index (Phi) is 5.05. The van der Waals surface area contributed by atoms with E-state index in [0.717, 1.165) is 42.8 Å². The van der Waals surface area contributed by atoms with E-state index in [-0.39, 0.29) is 5.95 Å². The lowest BCUT2D eigenvalue weighted by atomic mass is 10.2. The number of hydrogen-bond acceptors (Lipinski definition) is 8. The lowest BCUT2D eigenvalue weighted by Gasteiger charge is -2.34. The molecule has 1 saturated heterocycles. The minimum Gasteiger partial charge on any atom is -0.369 e. The number of nitrogens with zero attached hydrogens (tertiary/aromatic N) is 7. The maximum Gasteiger partial charge on any atom is 0.248 e. The van der Waals surface area contributed by atoms with Gasteiger partial charge in [-0.3, -0.25) is 0 Å². The smallest absolute Gasteiger partial charge is 0.248 e. The molecule has 1 fully saturated rings. The summed E-state index contributed by atoms with van der Waals surface area (Å²) in [7, 11) is 2.15. The molecule has 5 rings (SSSR count). The molecule has 31 heavy (non-hydrogen) atoms. The lowest BCUT2D eigenvalue weighted by Crippen LogP contribution is -2.44. The van der Waals surface area contributed by atoms with Crippen LogP contribution in [0.5, 0.6) is 0 Å². The van der Waals surface area contributed by atoms with Gasteiger partial charge in [-0.25, -0.2) is 9.97 Å². The summed E-state index contributed by atoms with van der Waals surface area (Å²) in [5.41, 5.74) is 8.97. The minimum absolute atomic E-state index is 0.219. The summed E-state index contributed by atoms with van der Waals surface area (Å²) in [6.45, 7) is 4.21. The fourth-order valence-electron chi connectivity index (χ4n) is 3.67. The Bertz CT molecular complexity index is 1210. The maximum absolute atomic E-state index is 6.16. The fraction of sp³-hybridized carbons (Fsp3) is 0.238. The van der Waals surface area contributed by atoms with Gasteiger partial charge in [0.25, 0.3) is 0 Å². The molecule has 0 atom stereocenters. The molecule has 0 aliphatic carbocycles. The summed E-state index contributed by atoms with van der Waals surface area (Å²) in [4.78, 5) is 17.7. The molecule has 1 aliphatic heterocycles. The molecule has 0 saturated carbocycles. The standard InChI is InChI=1S/C21H22ClN9/c1-29-8-10-30(11-9-29)16-5-3-15(4-6-16)26-21-27-20(23)31(28-21)19-17-12-14(22)2-7-18(17)24-13-25-19/h2-7,12-13H,8-11H2,1H3,(H3,23,26,27,28). The highest BCUT2D eigenvalue weighted by atomic mass is 35.5. The number of nitrogen functional groups attached to an aromatic ring is 1. The first kappa shape index (κ1) is 19.5. The number of nitrogens with two attached hydrogens (primary N) is 1. The van der Waals surface area contributed by atoms with Crippen LogP contribution in [0.3, 0.4) is 0 Å². The summed E-state index contributed by atoms with van der Waals surface area (Å²) < 4.78 is 1.49. The molecule has 0 spiro atoms. The summed E-state index contributed by atoms with van der Waals surface area (Å²) in [5.74, 6) is 1.13. The van der Waals surface area contributed by atoms with Crippen molar-refractivity contribution in [2.45, 2.75) is 0 Å². The second-order valence-electron chi connectivity index (χ2n) is 7.53. The molecule has 0 unspecified atom stereocenters. The van der Waals surface area contributed by atoms with E-state index in [1.165, 1.54) is 16.7 Å². The van der Waals surface area contributed by atoms with E-state index in [1.807, 2.05) is 18.2 Å². The summed E-state index contributed by atoms with van der Waals surface area (Å²) in [5, 5.41) is 9.04. The number of halogens is 1. The topological polar surface area (TPSA) is 101 Å². The van der Waals surface area contributed by atoms with E-state index < -0.39 is 0 Å². The predicted molar refractivity (Wildman–Crippen MR) is 123 cm³/mol. The molecule has 3 N–H and O–H groups in total. The zero-order valence-corrected chi connectivity index (χ0v) is 17.8. The molecular weight excluding hydrogens is 414 g/mol. The van der Waals surface area contributed by atoms with Crippen LogP contribution < -0.4 is 16.0 Å². The van der Waals surface area contributed by atoms with Gasteiger partial charge < -0.3 is 20.9 Å². The van der Waals surface area contributed by atoms with E-state index in [1.54, 1.807) is 12.1 Å². The number of rotatable bonds is 4. The number of anilines is 4. The second kappa shape index (κ2) is 8.01. The Morgan fingerprint density at radius 1 is 1.00 bits per heavy atom. The number of hydrogen-bond donors (Lipinski definition) is 2. The van der Waals surface area contributed by atoms with E-state index in [2.05, 4.69) is 54.3 Å². The van der Waals surface area contributed by atoms with Gasteiger partial charge in [-0.05, 0) is 49.5 Å². The van der Waals surface area contributed by atoms with Crippen molar-refractivity contribution in [1.82, 2.24) is 29.6 Å². The van der Waals surface area contributed by atoms with Crippen molar-refractivity contribution in [3.05, 3.63) is 53.8 Å². The van der Waals surface area contributed by atoms with E-state index >= 15 is 0 Å². The van der Waals surface area contributed by atoms with Crippen molar-refractivity contribution in [3.63, 3.8) is 0 Å². The van der Waals surface area contributed by atoms with E-state index in [9.17, 15) is 0 Å². The third-order valence-electron chi connectivity index (χ3n) is 5.40. The van der Waals surface area contributed by atoms with Gasteiger partial charge in [0.05, 0.1) is 5.52 Å². The van der Waals surface area contributed by atoms with Crippen molar-refractivity contribution in [1.29, 1.82) is 0 Å². The molecule has 0 radical (unpaired) electrons. The largest absolute Gasteiger partial charge is 0.369 e. The molecule has 158 valence electrons. The minimum atomic E-state index is 0.219. The van der Waals surface area contributed by atoms with Gasteiger partial charge in [0.1, 0.15) is 6.33 Å². The maximum atomic E-state index is 6.16. The average molecular weight is 436 g/mol. The van der Waals surface area contributed by atoms with Gasteiger partial charge in [0.2, 0.25) is 11.9 Å². The van der Waals surface area contributed by atoms with Gasteiger partial charge in [0.15, 0.2) is 5.82 Å². The van der Waals surface area contributed by atoms with E-state index in [0.29, 0.717) is 16.8 Å². The number of piperazine rings is 1. The van der Waals surface area contributed by atoms with Crippen molar-refractivity contribution < 1.29 is 0 Å². The molecule has 0 bridgehead atoms. The van der Waals surface area contributed by atoms with Crippen LogP contribution in [0.4, 0.5) is 23.3 Å². The monoisotopic (exact) mass is 435 g/mol. The Morgan fingerprint density at radius 2 is 1.77 bits per heavy atom. The van der Waals surface area contributed by atoms with Crippen molar-refractivity contribution in [2.24, 2.45) is 0 Å². The first-order valence-corrected chi connectivity index (χ1v) is 10.4. The van der Waals surface area contributed by atoms with Crippen LogP contribution in [0.1, 0.15) is 0 Å². The van der Waals surface area contributed by atoms with Gasteiger partial charge >= 0.3 is 0 Å². The Labute approximate surface area is 184 Å². The third kappa shape index (κ3) is 3.97. The van der Waals surface area contributed by atoms with Crippen molar-refractivity contribution in [2.75, 3.05) is 49.2 Å². The Hall–Kier alpha value is -3.43. The number of fused-ring (bicyclic) bond motifs is 1. The Balaban J connectivity index is 1.38. The fourth-order valence-corrected chi connectivity index (χ4v) is 3.84. The van der Waals surface area contributed by atoms with Crippen molar-refractivity contribution >= 4 is 45.8 Å². The summed E-state index contributed by atoms with van der Waals surface area (Å²) in [6, 6.07) is 13.6. The molecule has 2 aromatic heterocycles. The van der Waals surface area contributed by atoms with Crippen LogP contribution in [0.15, 0.2) is 48.8 Å². The number of nitrogens with one attached hydrogen (secondary N) is 1. The summed E-state index contributed by atoms with van der Waals surface area (Å²) in [6.07, 6.45) is 1.47. The number of likely N-dealkylation sites (N-methyl/N-ethyl adjacent to an activating group) is 1. The number of aromatic nitrogens is 5. The van der Waals surface area contributed by atoms with Crippen LogP contribution in [-0.2, 0) is 0 Å². The highest BCUT2D eigenvalue weighted by Crippen LogP contribution is 2.25. The highest BCUT2D eigenvalue weighted by molar-refractivity contribution is 6.31. The van der Waals surface area contributed by atoms with Crippen LogP contribution in [-0.4, -0.2) is 62.9 Å². The third-order valence-corrected chi connectivity index (χ3v) is 5.64. The molecule has 10 heteroatoms. The zero-order valence-electron chi connectivity index (χ0n) is 17.0. The molecule has 1 aliphatic rings. The lowest BCUT2D eigenvalue weighted by molar-refractivity contribution is 0.313. The van der Waals surface area contributed by atoms with E-state index in [4.69, 9.17) is 17.3 Å². The quantitative estimate of drug-likeness (QED) is 0.504. The second-order valence-corrected chi connectivity index (χ2v) is 7.96. The van der Waals surface area contributed by atoms with Gasteiger partial charge in [0, 0.05) is 48.0 Å². The average Bonchev–Trinajstić information content (AvgIpc) is 3.14. The number of benzene rings is 2. The first-order chi connectivity index (χ1) is 15.1. The molecular formula is C21H22ClN9. The molecule has 0 amide bonds. The van der Waals surface area contributed by atoms with Gasteiger partial charge in [-0.2, -0.15) is 9.67 Å². The van der Waals surface area contributed by atoms with Crippen LogP contribution in [0.25, 0.3) is 16.7 Å². The highest BCUT2D eigenvalue weighted by Gasteiger charge is 2.16. The van der Waals surface area contributed by atoms with Crippen LogP contribution in [0.2, 0.25) is 5.02 Å². The first-order valence-electron chi connectivity index (χ1n) is 10.0. The molecule has 4 aromatic rings. The molecule has 2 aromatic carbocycles. The molecule has 3 heterocycles. The Morgan fingerprint density at radius 3 is 2.55 bits per heavy atom. The summed E-state index contributed by atoms with van der Waals surface area (Å²) >= 11 is 6.16. The predicted octanol–water partition coefficient (Wildman–Crippen LogP) is 2.94.